The summed E-state index contributed by atoms with van der Waals surface area (Å²) in [6.45, 7) is 2.16. The molecule has 0 saturated carbocycles. The molecule has 1 aliphatic heterocycles. The van der Waals surface area contributed by atoms with Crippen molar-refractivity contribution in [3.05, 3.63) is 29.8 Å². The molecule has 1 aromatic rings. The fourth-order valence-corrected chi connectivity index (χ4v) is 2.09. The van der Waals surface area contributed by atoms with Crippen molar-refractivity contribution in [1.82, 2.24) is 4.90 Å². The predicted octanol–water partition coefficient (Wildman–Crippen LogP) is 0.661. The number of nitrogens with one attached hydrogen (secondary N) is 1. The van der Waals surface area contributed by atoms with E-state index in [9.17, 15) is 14.4 Å². The van der Waals surface area contributed by atoms with Crippen LogP contribution >= 0.6 is 0 Å². The minimum atomic E-state index is -0.613. The molecule has 7 nitrogen and oxygen atoms in total. The van der Waals surface area contributed by atoms with Crippen molar-refractivity contribution >= 4 is 23.5 Å². The van der Waals surface area contributed by atoms with Crippen molar-refractivity contribution in [3.8, 4) is 0 Å². The molecule has 1 heterocycles. The van der Waals surface area contributed by atoms with Gasteiger partial charge in [-0.1, -0.05) is 6.07 Å². The second-order valence-corrected chi connectivity index (χ2v) is 4.79. The first kappa shape index (κ1) is 16.0. The molecule has 2 rings (SSSR count). The van der Waals surface area contributed by atoms with Gasteiger partial charge in [0.15, 0.2) is 0 Å². The lowest BCUT2D eigenvalue weighted by Crippen LogP contribution is -2.40. The summed E-state index contributed by atoms with van der Waals surface area (Å²) in [7, 11) is 1.22. The summed E-state index contributed by atoms with van der Waals surface area (Å²) in [5.74, 6) is -1.20. The zero-order valence-corrected chi connectivity index (χ0v) is 12.3. The lowest BCUT2D eigenvalue weighted by Gasteiger charge is -2.27. The van der Waals surface area contributed by atoms with Crippen LogP contribution < -0.4 is 5.32 Å². The van der Waals surface area contributed by atoms with Crippen LogP contribution in [-0.4, -0.2) is 56.1 Å². The average molecular weight is 306 g/mol. The lowest BCUT2D eigenvalue weighted by atomic mass is 10.1. The van der Waals surface area contributed by atoms with Crippen molar-refractivity contribution in [2.45, 2.75) is 6.42 Å². The van der Waals surface area contributed by atoms with Gasteiger partial charge in [0, 0.05) is 24.3 Å². The van der Waals surface area contributed by atoms with Gasteiger partial charge in [0.1, 0.15) is 6.42 Å². The number of methoxy groups -OCH3 is 1. The van der Waals surface area contributed by atoms with E-state index in [0.717, 1.165) is 0 Å². The van der Waals surface area contributed by atoms with Gasteiger partial charge in [-0.05, 0) is 18.2 Å². The van der Waals surface area contributed by atoms with Crippen LogP contribution in [0.2, 0.25) is 0 Å². The summed E-state index contributed by atoms with van der Waals surface area (Å²) in [4.78, 5) is 36.7. The molecule has 1 N–H and O–H groups in total. The predicted molar refractivity (Wildman–Crippen MR) is 78.4 cm³/mol. The number of ether oxygens (including phenoxy) is 2. The number of hydrogen-bond donors (Lipinski definition) is 1. The molecule has 0 aromatic heterocycles. The number of hydrogen-bond acceptors (Lipinski definition) is 5. The van der Waals surface area contributed by atoms with Crippen molar-refractivity contribution in [2.24, 2.45) is 0 Å². The minimum Gasteiger partial charge on any atom is -0.469 e. The summed E-state index contributed by atoms with van der Waals surface area (Å²) in [5, 5.41) is 2.57. The third-order valence-electron chi connectivity index (χ3n) is 3.22. The van der Waals surface area contributed by atoms with Crippen LogP contribution in [0.15, 0.2) is 24.3 Å². The highest BCUT2D eigenvalue weighted by atomic mass is 16.5. The van der Waals surface area contributed by atoms with Crippen molar-refractivity contribution in [1.29, 1.82) is 0 Å². The first-order valence-corrected chi connectivity index (χ1v) is 6.94. The molecule has 1 fully saturated rings. The van der Waals surface area contributed by atoms with Crippen molar-refractivity contribution < 1.29 is 23.9 Å². The van der Waals surface area contributed by atoms with Crippen LogP contribution in [0.3, 0.4) is 0 Å². The Morgan fingerprint density at radius 3 is 2.68 bits per heavy atom. The van der Waals surface area contributed by atoms with Crippen LogP contribution in [0, 0.1) is 0 Å². The molecule has 0 aliphatic carbocycles. The molecular formula is C15H18N2O5. The van der Waals surface area contributed by atoms with Crippen LogP contribution in [0.1, 0.15) is 16.8 Å². The molecule has 22 heavy (non-hydrogen) atoms. The van der Waals surface area contributed by atoms with E-state index in [0.29, 0.717) is 37.6 Å². The van der Waals surface area contributed by atoms with Crippen molar-refractivity contribution in [3.63, 3.8) is 0 Å². The van der Waals surface area contributed by atoms with Gasteiger partial charge in [0.05, 0.1) is 20.3 Å². The highest BCUT2D eigenvalue weighted by Gasteiger charge is 2.19. The summed E-state index contributed by atoms with van der Waals surface area (Å²) in [6, 6.07) is 6.62. The molecule has 7 heteroatoms. The quantitative estimate of drug-likeness (QED) is 0.652. The maximum absolute atomic E-state index is 12.3. The lowest BCUT2D eigenvalue weighted by molar-refractivity contribution is -0.142. The molecule has 0 unspecified atom stereocenters. The molecule has 118 valence electrons. The molecule has 1 aromatic carbocycles. The van der Waals surface area contributed by atoms with E-state index >= 15 is 0 Å². The van der Waals surface area contributed by atoms with Gasteiger partial charge in [0.25, 0.3) is 5.91 Å². The van der Waals surface area contributed by atoms with Crippen molar-refractivity contribution in [2.75, 3.05) is 38.7 Å². The number of anilines is 1. The normalized spacial score (nSPS) is 14.3. The average Bonchev–Trinajstić information content (AvgIpc) is 2.55. The molecular weight excluding hydrogens is 288 g/mol. The molecule has 0 spiro atoms. The number of nitrogens with zero attached hydrogens (tertiary/aromatic N) is 1. The zero-order chi connectivity index (χ0) is 15.9. The van der Waals surface area contributed by atoms with Crippen LogP contribution in [0.4, 0.5) is 5.69 Å². The molecule has 1 saturated heterocycles. The number of amides is 2. The van der Waals surface area contributed by atoms with E-state index in [1.54, 1.807) is 29.2 Å². The molecule has 2 amide bonds. The minimum absolute atomic E-state index is 0.104. The van der Waals surface area contributed by atoms with E-state index in [1.807, 2.05) is 0 Å². The monoisotopic (exact) mass is 306 g/mol. The van der Waals surface area contributed by atoms with Crippen LogP contribution in [-0.2, 0) is 19.1 Å². The van der Waals surface area contributed by atoms with E-state index in [2.05, 4.69) is 10.1 Å². The second kappa shape index (κ2) is 7.56. The number of carbonyl (C=O) groups excluding carboxylic acids is 3. The number of morpholine rings is 1. The van der Waals surface area contributed by atoms with Gasteiger partial charge in [-0.15, -0.1) is 0 Å². The Kier molecular flexibility index (Phi) is 5.48. The van der Waals surface area contributed by atoms with Crippen LogP contribution in [0.5, 0.6) is 0 Å². The van der Waals surface area contributed by atoms with Gasteiger partial charge in [-0.25, -0.2) is 0 Å². The fraction of sp³-hybridized carbons (Fsp3) is 0.400. The standard InChI is InChI=1S/C15H18N2O5/c1-21-14(19)10-13(18)16-12-4-2-3-11(9-12)15(20)17-5-7-22-8-6-17/h2-4,9H,5-8,10H2,1H3,(H,16,18). The van der Waals surface area contributed by atoms with Gasteiger partial charge >= 0.3 is 5.97 Å². The van der Waals surface area contributed by atoms with E-state index in [-0.39, 0.29) is 12.3 Å². The summed E-state index contributed by atoms with van der Waals surface area (Å²) >= 11 is 0. The second-order valence-electron chi connectivity index (χ2n) is 4.79. The number of rotatable bonds is 4. The summed E-state index contributed by atoms with van der Waals surface area (Å²) < 4.78 is 9.64. The maximum atomic E-state index is 12.3. The first-order valence-electron chi connectivity index (χ1n) is 6.94. The fourth-order valence-electron chi connectivity index (χ4n) is 2.09. The first-order chi connectivity index (χ1) is 10.6. The topological polar surface area (TPSA) is 84.9 Å². The highest BCUT2D eigenvalue weighted by molar-refractivity contribution is 6.02. The molecule has 0 atom stereocenters. The Hall–Kier alpha value is -2.41. The molecule has 1 aliphatic rings. The SMILES string of the molecule is COC(=O)CC(=O)Nc1cccc(C(=O)N2CCOCC2)c1. The Labute approximate surface area is 128 Å². The Morgan fingerprint density at radius 2 is 2.00 bits per heavy atom. The van der Waals surface area contributed by atoms with Gasteiger partial charge in [-0.2, -0.15) is 0 Å². The van der Waals surface area contributed by atoms with Gasteiger partial charge in [-0.3, -0.25) is 14.4 Å². The van der Waals surface area contributed by atoms with E-state index < -0.39 is 11.9 Å². The zero-order valence-electron chi connectivity index (χ0n) is 12.3. The summed E-state index contributed by atoms with van der Waals surface area (Å²) in [6.07, 6.45) is -0.363. The Balaban J connectivity index is 2.01. The number of benzene rings is 1. The third-order valence-corrected chi connectivity index (χ3v) is 3.22. The molecule has 0 bridgehead atoms. The van der Waals surface area contributed by atoms with Gasteiger partial charge < -0.3 is 19.7 Å². The maximum Gasteiger partial charge on any atom is 0.315 e. The summed E-state index contributed by atoms with van der Waals surface area (Å²) in [5.41, 5.74) is 0.950. The third kappa shape index (κ3) is 4.29. The highest BCUT2D eigenvalue weighted by Crippen LogP contribution is 2.14. The largest absolute Gasteiger partial charge is 0.469 e. The Bertz CT molecular complexity index is 567. The molecule has 0 radical (unpaired) electrons. The van der Waals surface area contributed by atoms with Crippen LogP contribution in [0.25, 0.3) is 0 Å². The number of esters is 1. The smallest absolute Gasteiger partial charge is 0.315 e. The van der Waals surface area contributed by atoms with Gasteiger partial charge in [0.2, 0.25) is 5.91 Å². The van der Waals surface area contributed by atoms with E-state index in [1.165, 1.54) is 7.11 Å². The Morgan fingerprint density at radius 1 is 1.27 bits per heavy atom. The van der Waals surface area contributed by atoms with E-state index in [4.69, 9.17) is 4.74 Å². The number of carbonyl (C=O) groups is 3.